The highest BCUT2D eigenvalue weighted by molar-refractivity contribution is 7.94. The fraction of sp³-hybridized carbons (Fsp3) is 0.0556. The minimum atomic E-state index is -0.402. The van der Waals surface area contributed by atoms with Gasteiger partial charge < -0.3 is 4.74 Å². The van der Waals surface area contributed by atoms with Gasteiger partial charge in [0.15, 0.2) is 0 Å². The molecule has 0 saturated heterocycles. The van der Waals surface area contributed by atoms with E-state index in [1.807, 2.05) is 42.5 Å². The van der Waals surface area contributed by atoms with Crippen molar-refractivity contribution in [2.75, 3.05) is 0 Å². The van der Waals surface area contributed by atoms with Crippen LogP contribution in [-0.4, -0.2) is 11.2 Å². The van der Waals surface area contributed by atoms with Crippen molar-refractivity contribution >= 4 is 50.3 Å². The summed E-state index contributed by atoms with van der Waals surface area (Å²) in [5, 5.41) is 18.2. The molecule has 4 aromatic carbocycles. The molecule has 0 aromatic heterocycles. The summed E-state index contributed by atoms with van der Waals surface area (Å²) in [6.07, 6.45) is 0. The molecule has 0 aliphatic carbocycles. The van der Waals surface area contributed by atoms with Gasteiger partial charge in [0.05, 0.1) is 16.9 Å². The van der Waals surface area contributed by atoms with Gasteiger partial charge in [-0.15, -0.1) is 4.33 Å². The van der Waals surface area contributed by atoms with Crippen molar-refractivity contribution in [3.63, 3.8) is 0 Å². The molecule has 0 saturated carbocycles. The van der Waals surface area contributed by atoms with Crippen molar-refractivity contribution in [3.8, 4) is 5.75 Å². The highest BCUT2D eigenvalue weighted by Crippen LogP contribution is 2.43. The molecule has 4 rings (SSSR count). The zero-order valence-electron chi connectivity index (χ0n) is 12.6. The van der Waals surface area contributed by atoms with E-state index in [-0.39, 0.29) is 0 Å². The van der Waals surface area contributed by atoms with Crippen molar-refractivity contribution in [3.05, 3.63) is 48.5 Å². The average molecular weight is 340 g/mol. The van der Waals surface area contributed by atoms with Crippen LogP contribution in [0, 0.1) is 0 Å². The number of esters is 1. The summed E-state index contributed by atoms with van der Waals surface area (Å²) in [6, 6.07) is 15.8. The van der Waals surface area contributed by atoms with Gasteiger partial charge in [-0.1, -0.05) is 41.4 Å². The standard InChI is InChI=1S/C18H12O5S/c1-10(19)21-15-9-16(24-23-22-20)14-8-6-12-4-2-3-11-5-7-13(15)18(14)17(11)12/h2-9,20H,1H3. The first kappa shape index (κ1) is 15.2. The molecule has 0 atom stereocenters. The van der Waals surface area contributed by atoms with Gasteiger partial charge in [0.1, 0.15) is 5.75 Å². The van der Waals surface area contributed by atoms with Gasteiger partial charge >= 0.3 is 5.97 Å². The quantitative estimate of drug-likeness (QED) is 0.142. The van der Waals surface area contributed by atoms with Gasteiger partial charge in [-0.05, 0) is 33.7 Å². The number of benzene rings is 4. The summed E-state index contributed by atoms with van der Waals surface area (Å²) < 4.78 is 9.98. The topological polar surface area (TPSA) is 65.0 Å². The van der Waals surface area contributed by atoms with E-state index < -0.39 is 5.97 Å². The van der Waals surface area contributed by atoms with E-state index in [0.29, 0.717) is 10.6 Å². The van der Waals surface area contributed by atoms with E-state index in [1.54, 1.807) is 6.07 Å². The fourth-order valence-corrected chi connectivity index (χ4v) is 3.65. The Morgan fingerprint density at radius 3 is 2.38 bits per heavy atom. The third-order valence-electron chi connectivity index (χ3n) is 3.98. The molecule has 120 valence electrons. The Labute approximate surface area is 141 Å². The van der Waals surface area contributed by atoms with Gasteiger partial charge in [-0.3, -0.25) is 4.79 Å². The molecule has 5 nitrogen and oxygen atoms in total. The van der Waals surface area contributed by atoms with E-state index in [2.05, 4.69) is 9.37 Å². The summed E-state index contributed by atoms with van der Waals surface area (Å²) in [5.41, 5.74) is 0. The molecule has 1 N–H and O–H groups in total. The SMILES string of the molecule is CC(=O)Oc1cc(SOOO)c2ccc3cccc4ccc1c2c43. The van der Waals surface area contributed by atoms with Gasteiger partial charge in [-0.2, -0.15) is 0 Å². The highest BCUT2D eigenvalue weighted by atomic mass is 32.2. The zero-order valence-corrected chi connectivity index (χ0v) is 13.4. The summed E-state index contributed by atoms with van der Waals surface area (Å²) in [5.74, 6) is 0.0394. The molecule has 0 aliphatic rings. The van der Waals surface area contributed by atoms with E-state index in [9.17, 15) is 4.79 Å². The fourth-order valence-electron chi connectivity index (χ4n) is 3.13. The first-order valence-electron chi connectivity index (χ1n) is 7.23. The van der Waals surface area contributed by atoms with Crippen LogP contribution in [0.2, 0.25) is 0 Å². The third kappa shape index (κ3) is 2.37. The molecular formula is C18H12O5S. The molecule has 0 fully saturated rings. The maximum absolute atomic E-state index is 11.5. The van der Waals surface area contributed by atoms with E-state index in [4.69, 9.17) is 9.99 Å². The molecular weight excluding hydrogens is 328 g/mol. The predicted octanol–water partition coefficient (Wildman–Crippen LogP) is 4.94. The Hall–Kier alpha value is -2.38. The second-order valence-electron chi connectivity index (χ2n) is 5.37. The van der Waals surface area contributed by atoms with Crippen molar-refractivity contribution in [2.45, 2.75) is 11.8 Å². The van der Waals surface area contributed by atoms with E-state index in [0.717, 1.165) is 44.4 Å². The molecule has 6 heteroatoms. The van der Waals surface area contributed by atoms with Crippen molar-refractivity contribution in [1.82, 2.24) is 0 Å². The summed E-state index contributed by atoms with van der Waals surface area (Å²) in [4.78, 5) is 12.1. The largest absolute Gasteiger partial charge is 0.426 e. The van der Waals surface area contributed by atoms with Crippen LogP contribution >= 0.6 is 12.0 Å². The van der Waals surface area contributed by atoms with Crippen LogP contribution in [0.25, 0.3) is 32.3 Å². The molecule has 0 aliphatic heterocycles. The van der Waals surface area contributed by atoms with E-state index in [1.165, 1.54) is 6.92 Å². The van der Waals surface area contributed by atoms with E-state index >= 15 is 0 Å². The molecule has 0 unspecified atom stereocenters. The Kier molecular flexibility index (Phi) is 3.74. The third-order valence-corrected chi connectivity index (χ3v) is 4.62. The smallest absolute Gasteiger partial charge is 0.308 e. The molecule has 0 radical (unpaired) electrons. The average Bonchev–Trinajstić information content (AvgIpc) is 2.58. The first-order valence-corrected chi connectivity index (χ1v) is 7.97. The lowest BCUT2D eigenvalue weighted by Gasteiger charge is -2.15. The summed E-state index contributed by atoms with van der Waals surface area (Å²) >= 11 is 0.851. The summed E-state index contributed by atoms with van der Waals surface area (Å²) in [7, 11) is 0. The van der Waals surface area contributed by atoms with Gasteiger partial charge in [-0.25, -0.2) is 5.26 Å². The summed E-state index contributed by atoms with van der Waals surface area (Å²) in [6.45, 7) is 1.36. The van der Waals surface area contributed by atoms with Crippen LogP contribution in [0.3, 0.4) is 0 Å². The second-order valence-corrected chi connectivity index (χ2v) is 6.12. The van der Waals surface area contributed by atoms with Gasteiger partial charge in [0, 0.05) is 17.7 Å². The lowest BCUT2D eigenvalue weighted by molar-refractivity contribution is -0.432. The van der Waals surface area contributed by atoms with Crippen LogP contribution in [0.15, 0.2) is 53.4 Å². The monoisotopic (exact) mass is 340 g/mol. The lowest BCUT2D eigenvalue weighted by atomic mass is 9.94. The Balaban J connectivity index is 2.13. The first-order chi connectivity index (χ1) is 11.7. The van der Waals surface area contributed by atoms with Gasteiger partial charge in [0.2, 0.25) is 0 Å². The lowest BCUT2D eigenvalue weighted by Crippen LogP contribution is -2.02. The van der Waals surface area contributed by atoms with Crippen molar-refractivity contribution in [1.29, 1.82) is 0 Å². The minimum absolute atomic E-state index is 0.402. The van der Waals surface area contributed by atoms with Gasteiger partial charge in [0.25, 0.3) is 0 Å². The minimum Gasteiger partial charge on any atom is -0.426 e. The highest BCUT2D eigenvalue weighted by Gasteiger charge is 2.17. The normalized spacial score (nSPS) is 11.6. The number of hydrogen-bond acceptors (Lipinski definition) is 6. The Morgan fingerprint density at radius 1 is 1.00 bits per heavy atom. The zero-order chi connectivity index (χ0) is 16.7. The van der Waals surface area contributed by atoms with Crippen molar-refractivity contribution in [2.24, 2.45) is 0 Å². The molecule has 0 spiro atoms. The van der Waals surface area contributed by atoms with Crippen LogP contribution in [0.5, 0.6) is 5.75 Å². The number of carbonyl (C=O) groups is 1. The molecule has 0 heterocycles. The van der Waals surface area contributed by atoms with Crippen LogP contribution < -0.4 is 4.74 Å². The molecule has 0 amide bonds. The number of rotatable bonds is 4. The molecule has 0 bridgehead atoms. The second kappa shape index (κ2) is 5.92. The molecule has 4 aromatic rings. The van der Waals surface area contributed by atoms with Crippen LogP contribution in [0.1, 0.15) is 6.92 Å². The maximum atomic E-state index is 11.5. The maximum Gasteiger partial charge on any atom is 0.308 e. The van der Waals surface area contributed by atoms with Crippen LogP contribution in [0.4, 0.5) is 0 Å². The van der Waals surface area contributed by atoms with Crippen LogP contribution in [-0.2, 0) is 14.2 Å². The molecule has 24 heavy (non-hydrogen) atoms. The Bertz CT molecular complexity index is 1040. The number of hydrogen-bond donors (Lipinski definition) is 1. The van der Waals surface area contributed by atoms with Crippen molar-refractivity contribution < 1.29 is 24.2 Å². The predicted molar refractivity (Wildman–Crippen MR) is 92.1 cm³/mol. The number of carbonyl (C=O) groups excluding carboxylic acids is 1. The number of ether oxygens (including phenoxy) is 1. The Morgan fingerprint density at radius 2 is 1.71 bits per heavy atom.